The first-order chi connectivity index (χ1) is 19.7. The third-order valence-electron chi connectivity index (χ3n) is 8.21. The quantitative estimate of drug-likeness (QED) is 0.329. The zero-order valence-electron chi connectivity index (χ0n) is 24.0. The number of nitrogens with zero attached hydrogens (tertiary/aromatic N) is 2. The molecule has 10 nitrogen and oxygen atoms in total. The predicted molar refractivity (Wildman–Crippen MR) is 151 cm³/mol. The van der Waals surface area contributed by atoms with Gasteiger partial charge in [-0.1, -0.05) is 36.4 Å². The van der Waals surface area contributed by atoms with E-state index in [2.05, 4.69) is 17.0 Å². The Balaban J connectivity index is 0.000000316. The standard InChI is InChI=1S/C25H31FN2O.C6H8O7/c1-27(2)24(29)21(16-19-6-4-3-5-7-19)18-28-14-12-25(13-15-28)11-10-20-8-9-22(26)17-23(20)25;7-3(8)1-6(13,5(11)12)2-4(9)10/h3-9,17,21H,10-16,18H2,1-2H3;13H,1-2H2,(H,7,8)(H,9,10)(H,11,12). The molecule has 1 amide bonds. The lowest BCUT2D eigenvalue weighted by atomic mass is 9.73. The molecule has 2 aromatic carbocycles. The number of rotatable bonds is 10. The molecule has 42 heavy (non-hydrogen) atoms. The van der Waals surface area contributed by atoms with E-state index in [1.165, 1.54) is 16.7 Å². The van der Waals surface area contributed by atoms with Crippen LogP contribution in [0.2, 0.25) is 0 Å². The summed E-state index contributed by atoms with van der Waals surface area (Å²) >= 11 is 0. The highest BCUT2D eigenvalue weighted by Crippen LogP contribution is 2.46. The molecule has 0 radical (unpaired) electrons. The molecule has 0 aromatic heterocycles. The molecule has 0 saturated carbocycles. The minimum absolute atomic E-state index is 0.0326. The SMILES string of the molecule is CN(C)C(=O)C(Cc1ccccc1)CN1CCC2(CCc3ccc(F)cc32)CC1.O=C(O)CC(O)(CC(=O)O)C(=O)O. The van der Waals surface area contributed by atoms with Gasteiger partial charge in [-0.3, -0.25) is 14.4 Å². The van der Waals surface area contributed by atoms with E-state index < -0.39 is 36.4 Å². The van der Waals surface area contributed by atoms with Crippen LogP contribution in [0.15, 0.2) is 48.5 Å². The third-order valence-corrected chi connectivity index (χ3v) is 8.21. The number of aliphatic hydroxyl groups is 1. The summed E-state index contributed by atoms with van der Waals surface area (Å²) in [5, 5.41) is 33.8. The normalized spacial score (nSPS) is 16.6. The molecule has 1 saturated heterocycles. The summed E-state index contributed by atoms with van der Waals surface area (Å²) in [5.74, 6) is -4.97. The van der Waals surface area contributed by atoms with E-state index in [1.807, 2.05) is 38.4 Å². The van der Waals surface area contributed by atoms with Gasteiger partial charge in [-0.2, -0.15) is 0 Å². The molecule has 0 bridgehead atoms. The molecule has 1 aliphatic heterocycles. The van der Waals surface area contributed by atoms with Crippen molar-refractivity contribution in [2.45, 2.75) is 56.0 Å². The zero-order valence-corrected chi connectivity index (χ0v) is 24.0. The smallest absolute Gasteiger partial charge is 0.336 e. The van der Waals surface area contributed by atoms with Crippen LogP contribution in [-0.4, -0.2) is 93.4 Å². The fraction of sp³-hybridized carbons (Fsp3) is 0.484. The van der Waals surface area contributed by atoms with Gasteiger partial charge >= 0.3 is 17.9 Å². The number of aliphatic carboxylic acids is 3. The second-order valence-corrected chi connectivity index (χ2v) is 11.5. The van der Waals surface area contributed by atoms with Crippen LogP contribution in [0.1, 0.15) is 48.8 Å². The summed E-state index contributed by atoms with van der Waals surface area (Å²) in [4.78, 5) is 47.5. The van der Waals surface area contributed by atoms with Gasteiger partial charge in [-0.25, -0.2) is 9.18 Å². The highest BCUT2D eigenvalue weighted by molar-refractivity contribution is 5.88. The zero-order chi connectivity index (χ0) is 31.1. The van der Waals surface area contributed by atoms with Crippen LogP contribution in [0.5, 0.6) is 0 Å². The molecule has 1 unspecified atom stereocenters. The summed E-state index contributed by atoms with van der Waals surface area (Å²) in [6, 6.07) is 15.6. The number of amides is 1. The van der Waals surface area contributed by atoms with Crippen molar-refractivity contribution in [3.05, 3.63) is 71.0 Å². The number of carboxylic acids is 3. The molecule has 1 spiro atoms. The molecule has 4 N–H and O–H groups in total. The average Bonchev–Trinajstić information content (AvgIpc) is 3.26. The van der Waals surface area contributed by atoms with Crippen molar-refractivity contribution in [1.29, 1.82) is 0 Å². The number of likely N-dealkylation sites (tertiary alicyclic amines) is 1. The van der Waals surface area contributed by atoms with Gasteiger partial charge in [0.15, 0.2) is 5.60 Å². The Morgan fingerprint density at radius 2 is 1.55 bits per heavy atom. The van der Waals surface area contributed by atoms with E-state index >= 15 is 0 Å². The molecule has 1 atom stereocenters. The number of piperidine rings is 1. The predicted octanol–water partition coefficient (Wildman–Crippen LogP) is 2.80. The maximum atomic E-state index is 13.9. The third kappa shape index (κ3) is 8.36. The van der Waals surface area contributed by atoms with E-state index in [4.69, 9.17) is 20.4 Å². The number of carbonyl (C=O) groups excluding carboxylic acids is 1. The monoisotopic (exact) mass is 586 g/mol. The molecule has 11 heteroatoms. The minimum atomic E-state index is -2.74. The Labute approximate surface area is 244 Å². The summed E-state index contributed by atoms with van der Waals surface area (Å²) in [6.07, 6.45) is 2.78. The van der Waals surface area contributed by atoms with Gasteiger partial charge < -0.3 is 30.2 Å². The van der Waals surface area contributed by atoms with Crippen LogP contribution < -0.4 is 0 Å². The maximum absolute atomic E-state index is 13.9. The Kier molecular flexibility index (Phi) is 10.8. The molecule has 1 aliphatic carbocycles. The van der Waals surface area contributed by atoms with Crippen molar-refractivity contribution >= 4 is 23.8 Å². The lowest BCUT2D eigenvalue weighted by Gasteiger charge is -2.41. The largest absolute Gasteiger partial charge is 0.481 e. The van der Waals surface area contributed by atoms with Crippen LogP contribution in [-0.2, 0) is 37.4 Å². The second-order valence-electron chi connectivity index (χ2n) is 11.5. The fourth-order valence-corrected chi connectivity index (χ4v) is 5.97. The summed E-state index contributed by atoms with van der Waals surface area (Å²) in [5.41, 5.74) is 1.17. The first kappa shape index (κ1) is 32.7. The molecule has 4 rings (SSSR count). The van der Waals surface area contributed by atoms with Gasteiger partial charge in [-0.15, -0.1) is 0 Å². The average molecular weight is 587 g/mol. The van der Waals surface area contributed by atoms with E-state index in [0.29, 0.717) is 0 Å². The van der Waals surface area contributed by atoms with E-state index in [1.54, 1.807) is 17.0 Å². The van der Waals surface area contributed by atoms with Crippen molar-refractivity contribution in [1.82, 2.24) is 9.80 Å². The number of halogens is 1. The van der Waals surface area contributed by atoms with Gasteiger partial charge in [0.05, 0.1) is 18.8 Å². The lowest BCUT2D eigenvalue weighted by Crippen LogP contribution is -2.46. The van der Waals surface area contributed by atoms with Crippen LogP contribution in [0.3, 0.4) is 0 Å². The van der Waals surface area contributed by atoms with Crippen LogP contribution in [0, 0.1) is 11.7 Å². The van der Waals surface area contributed by atoms with E-state index in [9.17, 15) is 23.6 Å². The fourth-order valence-electron chi connectivity index (χ4n) is 5.97. The summed E-state index contributed by atoms with van der Waals surface area (Å²) in [6.45, 7) is 2.74. The Hall–Kier alpha value is -3.83. The van der Waals surface area contributed by atoms with Gasteiger partial charge in [0, 0.05) is 20.6 Å². The highest BCUT2D eigenvalue weighted by atomic mass is 19.1. The molecular weight excluding hydrogens is 547 g/mol. The number of fused-ring (bicyclic) bond motifs is 2. The number of aryl methyl sites for hydroxylation is 1. The second kappa shape index (κ2) is 13.9. The molecule has 2 aliphatic rings. The Morgan fingerprint density at radius 1 is 0.952 bits per heavy atom. The Morgan fingerprint density at radius 3 is 2.07 bits per heavy atom. The van der Waals surface area contributed by atoms with Crippen LogP contribution >= 0.6 is 0 Å². The molecule has 1 fully saturated rings. The van der Waals surface area contributed by atoms with E-state index in [-0.39, 0.29) is 23.1 Å². The van der Waals surface area contributed by atoms with Gasteiger partial charge in [0.25, 0.3) is 0 Å². The number of carboxylic acid groups (broad SMARTS) is 3. The number of benzene rings is 2. The summed E-state index contributed by atoms with van der Waals surface area (Å²) < 4.78 is 13.9. The molecule has 2 aromatic rings. The highest BCUT2D eigenvalue weighted by Gasteiger charge is 2.42. The number of hydrogen-bond acceptors (Lipinski definition) is 6. The topological polar surface area (TPSA) is 156 Å². The van der Waals surface area contributed by atoms with Crippen molar-refractivity contribution in [2.75, 3.05) is 33.7 Å². The summed E-state index contributed by atoms with van der Waals surface area (Å²) in [7, 11) is 3.69. The van der Waals surface area contributed by atoms with Gasteiger partial charge in [0.2, 0.25) is 5.91 Å². The number of hydrogen-bond donors (Lipinski definition) is 4. The van der Waals surface area contributed by atoms with Crippen LogP contribution in [0.25, 0.3) is 0 Å². The minimum Gasteiger partial charge on any atom is -0.481 e. The van der Waals surface area contributed by atoms with Gasteiger partial charge in [0.1, 0.15) is 5.82 Å². The van der Waals surface area contributed by atoms with Crippen molar-refractivity contribution in [3.63, 3.8) is 0 Å². The Bertz CT molecular complexity index is 1260. The molecular formula is C31H39FN2O8. The first-order valence-corrected chi connectivity index (χ1v) is 13.9. The number of carbonyl (C=O) groups is 4. The van der Waals surface area contributed by atoms with Crippen LogP contribution in [0.4, 0.5) is 4.39 Å². The van der Waals surface area contributed by atoms with Gasteiger partial charge in [-0.05, 0) is 79.4 Å². The lowest BCUT2D eigenvalue weighted by molar-refractivity contribution is -0.170. The molecule has 1 heterocycles. The maximum Gasteiger partial charge on any atom is 0.336 e. The first-order valence-electron chi connectivity index (χ1n) is 13.9. The van der Waals surface area contributed by atoms with E-state index in [0.717, 1.165) is 51.7 Å². The molecule has 228 valence electrons. The van der Waals surface area contributed by atoms with Crippen molar-refractivity contribution < 1.29 is 44.0 Å². The van der Waals surface area contributed by atoms with Crippen molar-refractivity contribution in [3.8, 4) is 0 Å². The van der Waals surface area contributed by atoms with Crippen molar-refractivity contribution in [2.24, 2.45) is 5.92 Å².